The first-order valence-electron chi connectivity index (χ1n) is 7.66. The molecule has 1 atom stereocenters. The monoisotopic (exact) mass is 421 g/mol. The van der Waals surface area contributed by atoms with Crippen LogP contribution in [-0.4, -0.2) is 11.0 Å². The normalized spacial score (nSPS) is 18.7. The van der Waals surface area contributed by atoms with Crippen LogP contribution in [0.25, 0.3) is 12.2 Å². The Bertz CT molecular complexity index is 909. The zero-order chi connectivity index (χ0) is 16.1. The molecular formula is C18H17FIN3. The molecule has 5 heteroatoms. The van der Waals surface area contributed by atoms with Gasteiger partial charge in [-0.2, -0.15) is 0 Å². The fraction of sp³-hybridized carbons (Fsp3) is 0.222. The second kappa shape index (κ2) is 5.40. The predicted molar refractivity (Wildman–Crippen MR) is 99.7 cm³/mol. The van der Waals surface area contributed by atoms with Crippen molar-refractivity contribution in [2.45, 2.75) is 25.8 Å². The van der Waals surface area contributed by atoms with Gasteiger partial charge in [0, 0.05) is 31.6 Å². The minimum Gasteiger partial charge on any atom is -0.357 e. The minimum atomic E-state index is -0.218. The van der Waals surface area contributed by atoms with Gasteiger partial charge in [-0.15, -0.1) is 0 Å². The van der Waals surface area contributed by atoms with E-state index in [1.54, 1.807) is 12.1 Å². The van der Waals surface area contributed by atoms with Crippen LogP contribution in [-0.2, 0) is 0 Å². The van der Waals surface area contributed by atoms with E-state index in [0.29, 0.717) is 5.92 Å². The summed E-state index contributed by atoms with van der Waals surface area (Å²) in [6.07, 6.45) is 6.48. The Morgan fingerprint density at radius 2 is 1.96 bits per heavy atom. The Balaban J connectivity index is 1.80. The van der Waals surface area contributed by atoms with E-state index in [-0.39, 0.29) is 11.9 Å². The van der Waals surface area contributed by atoms with Crippen LogP contribution in [0.15, 0.2) is 36.0 Å². The molecule has 2 aliphatic rings. The molecule has 0 spiro atoms. The van der Waals surface area contributed by atoms with Crippen molar-refractivity contribution in [3.63, 3.8) is 0 Å². The van der Waals surface area contributed by atoms with Crippen molar-refractivity contribution in [3.8, 4) is 0 Å². The fourth-order valence-electron chi connectivity index (χ4n) is 3.12. The summed E-state index contributed by atoms with van der Waals surface area (Å²) < 4.78 is 14.5. The van der Waals surface area contributed by atoms with Gasteiger partial charge in [-0.1, -0.05) is 13.8 Å². The Morgan fingerprint density at radius 1 is 1.22 bits per heavy atom. The van der Waals surface area contributed by atoms with Gasteiger partial charge < -0.3 is 10.4 Å². The van der Waals surface area contributed by atoms with Crippen molar-refractivity contribution >= 4 is 40.4 Å². The Kier molecular flexibility index (Phi) is 3.48. The van der Waals surface area contributed by atoms with E-state index in [1.807, 2.05) is 6.20 Å². The maximum atomic E-state index is 13.2. The lowest BCUT2D eigenvalue weighted by Gasteiger charge is -2.26. The lowest BCUT2D eigenvalue weighted by Crippen LogP contribution is -2.42. The van der Waals surface area contributed by atoms with Crippen LogP contribution < -0.4 is 21.0 Å². The van der Waals surface area contributed by atoms with E-state index < -0.39 is 0 Å². The predicted octanol–water partition coefficient (Wildman–Crippen LogP) is 2.73. The Hall–Kier alpha value is -1.76. The molecule has 23 heavy (non-hydrogen) atoms. The number of hydrogen-bond donors (Lipinski definition) is 2. The first kappa shape index (κ1) is 14.8. The van der Waals surface area contributed by atoms with E-state index in [2.05, 4.69) is 64.0 Å². The number of hydrogen-bond acceptors (Lipinski definition) is 2. The molecule has 1 aliphatic heterocycles. The average molecular weight is 421 g/mol. The molecule has 2 aromatic rings. The number of halogens is 2. The number of H-pyrrole nitrogens is 1. The standard InChI is InChI=1S/C18H17FIN3/c1-10(2)18-17(20)14-8-16-11(7-15(14)22-18)9-21-23(16)13-5-3-12(19)4-6-13/h3-10,16,21-22H,1-2H3. The topological polar surface area (TPSA) is 31.1 Å². The van der Waals surface area contributed by atoms with Gasteiger partial charge in [0.25, 0.3) is 0 Å². The van der Waals surface area contributed by atoms with Crippen molar-refractivity contribution in [1.82, 2.24) is 10.4 Å². The van der Waals surface area contributed by atoms with Crippen molar-refractivity contribution in [2.24, 2.45) is 0 Å². The van der Waals surface area contributed by atoms with Gasteiger partial charge in [-0.25, -0.2) is 4.39 Å². The highest BCUT2D eigenvalue weighted by molar-refractivity contribution is 14.1. The third kappa shape index (κ3) is 2.38. The molecular weight excluding hydrogens is 404 g/mol. The summed E-state index contributed by atoms with van der Waals surface area (Å²) in [5, 5.41) is 4.49. The van der Waals surface area contributed by atoms with Gasteiger partial charge in [0.15, 0.2) is 0 Å². The largest absolute Gasteiger partial charge is 0.357 e. The molecule has 0 radical (unpaired) electrons. The second-order valence-electron chi connectivity index (χ2n) is 6.21. The molecule has 1 aromatic heterocycles. The minimum absolute atomic E-state index is 0.122. The van der Waals surface area contributed by atoms with E-state index in [1.165, 1.54) is 37.5 Å². The molecule has 3 nitrogen and oxygen atoms in total. The summed E-state index contributed by atoms with van der Waals surface area (Å²) in [5.41, 5.74) is 6.72. The highest BCUT2D eigenvalue weighted by Gasteiger charge is 2.28. The molecule has 1 aliphatic carbocycles. The highest BCUT2D eigenvalue weighted by atomic mass is 127. The fourth-order valence-corrected chi connectivity index (χ4v) is 4.35. The van der Waals surface area contributed by atoms with Crippen molar-refractivity contribution in [2.75, 3.05) is 5.01 Å². The van der Waals surface area contributed by atoms with Crippen LogP contribution in [0, 0.1) is 9.39 Å². The number of aromatic amines is 1. The van der Waals surface area contributed by atoms with Crippen molar-refractivity contribution in [3.05, 3.63) is 61.7 Å². The first-order valence-corrected chi connectivity index (χ1v) is 8.74. The smallest absolute Gasteiger partial charge is 0.123 e. The molecule has 0 saturated heterocycles. The van der Waals surface area contributed by atoms with Gasteiger partial charge in [0.2, 0.25) is 0 Å². The summed E-state index contributed by atoms with van der Waals surface area (Å²) in [6.45, 7) is 4.40. The number of benzene rings is 1. The summed E-state index contributed by atoms with van der Waals surface area (Å²) >= 11 is 2.42. The number of hydrazine groups is 1. The maximum absolute atomic E-state index is 13.2. The van der Waals surface area contributed by atoms with E-state index >= 15 is 0 Å². The molecule has 0 bridgehead atoms. The van der Waals surface area contributed by atoms with Gasteiger partial charge in [0.05, 0.1) is 11.7 Å². The summed E-state index contributed by atoms with van der Waals surface area (Å²) in [6, 6.07) is 6.69. The summed E-state index contributed by atoms with van der Waals surface area (Å²) in [7, 11) is 0. The number of fused-ring (bicyclic) bond motifs is 2. The molecule has 1 aromatic carbocycles. The number of anilines is 1. The second-order valence-corrected chi connectivity index (χ2v) is 7.29. The lowest BCUT2D eigenvalue weighted by molar-refractivity contribution is 0.627. The van der Waals surface area contributed by atoms with Crippen LogP contribution in [0.1, 0.15) is 25.5 Å². The first-order chi connectivity index (χ1) is 11.0. The molecule has 118 valence electrons. The number of aromatic nitrogens is 1. The van der Waals surface area contributed by atoms with E-state index in [4.69, 9.17) is 0 Å². The third-order valence-corrected chi connectivity index (χ3v) is 5.50. The molecule has 1 unspecified atom stereocenters. The number of nitrogens with zero attached hydrogens (tertiary/aromatic N) is 1. The van der Waals surface area contributed by atoms with Crippen LogP contribution in [0.5, 0.6) is 0 Å². The van der Waals surface area contributed by atoms with E-state index in [0.717, 1.165) is 5.69 Å². The summed E-state index contributed by atoms with van der Waals surface area (Å²) in [5.74, 6) is 0.249. The maximum Gasteiger partial charge on any atom is 0.123 e. The van der Waals surface area contributed by atoms with Crippen LogP contribution in [0.4, 0.5) is 10.1 Å². The molecule has 0 fully saturated rings. The highest BCUT2D eigenvalue weighted by Crippen LogP contribution is 2.26. The average Bonchev–Trinajstić information content (AvgIpc) is 3.08. The molecule has 2 N–H and O–H groups in total. The lowest BCUT2D eigenvalue weighted by atomic mass is 10.0. The van der Waals surface area contributed by atoms with Crippen LogP contribution in [0.2, 0.25) is 0 Å². The quantitative estimate of drug-likeness (QED) is 0.731. The Labute approximate surface area is 147 Å². The summed E-state index contributed by atoms with van der Waals surface area (Å²) in [4.78, 5) is 3.55. The SMILES string of the molecule is CC(C)c1[nH]c2c(c1I)=CC1C(=CNN1c1ccc(F)cc1)C=2. The molecule has 0 amide bonds. The van der Waals surface area contributed by atoms with Gasteiger partial charge >= 0.3 is 0 Å². The van der Waals surface area contributed by atoms with E-state index in [9.17, 15) is 4.39 Å². The third-order valence-electron chi connectivity index (χ3n) is 4.34. The zero-order valence-electron chi connectivity index (χ0n) is 12.9. The number of rotatable bonds is 2. The van der Waals surface area contributed by atoms with Crippen LogP contribution >= 0.6 is 22.6 Å². The van der Waals surface area contributed by atoms with Crippen LogP contribution in [0.3, 0.4) is 0 Å². The van der Waals surface area contributed by atoms with Gasteiger partial charge in [-0.3, -0.25) is 5.01 Å². The number of nitrogens with one attached hydrogen (secondary N) is 2. The van der Waals surface area contributed by atoms with Gasteiger partial charge in [-0.05, 0) is 64.9 Å². The zero-order valence-corrected chi connectivity index (χ0v) is 15.1. The van der Waals surface area contributed by atoms with Gasteiger partial charge in [0.1, 0.15) is 5.82 Å². The van der Waals surface area contributed by atoms with Crippen molar-refractivity contribution < 1.29 is 4.39 Å². The molecule has 4 rings (SSSR count). The van der Waals surface area contributed by atoms with Crippen molar-refractivity contribution in [1.29, 1.82) is 0 Å². The molecule has 0 saturated carbocycles. The Morgan fingerprint density at radius 3 is 2.65 bits per heavy atom. The molecule has 2 heterocycles.